The van der Waals surface area contributed by atoms with Crippen LogP contribution < -0.4 is 5.32 Å². The van der Waals surface area contributed by atoms with Crippen LogP contribution in [0.2, 0.25) is 0 Å². The Bertz CT molecular complexity index is 503. The molecule has 0 spiro atoms. The van der Waals surface area contributed by atoms with E-state index in [1.165, 1.54) is 0 Å². The summed E-state index contributed by atoms with van der Waals surface area (Å²) >= 11 is 3.37. The molecule has 1 aromatic rings. The van der Waals surface area contributed by atoms with E-state index in [9.17, 15) is 9.59 Å². The first-order chi connectivity index (χ1) is 10.9. The number of rotatable bonds is 9. The van der Waals surface area contributed by atoms with Gasteiger partial charge in [0.15, 0.2) is 0 Å². The first-order valence-electron chi connectivity index (χ1n) is 7.80. The zero-order valence-electron chi connectivity index (χ0n) is 14.1. The molecule has 0 fully saturated rings. The summed E-state index contributed by atoms with van der Waals surface area (Å²) in [5.74, 6) is 0.0232. The highest BCUT2D eigenvalue weighted by atomic mass is 79.9. The number of amides is 2. The van der Waals surface area contributed by atoms with Gasteiger partial charge in [0.2, 0.25) is 11.8 Å². The zero-order chi connectivity index (χ0) is 17.2. The highest BCUT2D eigenvalue weighted by molar-refractivity contribution is 9.10. The lowest BCUT2D eigenvalue weighted by Gasteiger charge is -2.22. The Morgan fingerprint density at radius 1 is 1.09 bits per heavy atom. The average Bonchev–Trinajstić information content (AvgIpc) is 2.47. The number of benzene rings is 1. The van der Waals surface area contributed by atoms with Crippen LogP contribution in [0.1, 0.15) is 18.9 Å². The lowest BCUT2D eigenvalue weighted by atomic mass is 10.1. The summed E-state index contributed by atoms with van der Waals surface area (Å²) in [6.45, 7) is 4.26. The molecular weight excluding hydrogens is 358 g/mol. The summed E-state index contributed by atoms with van der Waals surface area (Å²) in [5, 5.41) is 2.88. The van der Waals surface area contributed by atoms with Crippen molar-refractivity contribution in [2.24, 2.45) is 0 Å². The fraction of sp³-hybridized carbons (Fsp3) is 0.529. The summed E-state index contributed by atoms with van der Waals surface area (Å²) in [4.78, 5) is 27.4. The molecule has 1 N–H and O–H groups in total. The Kier molecular flexibility index (Phi) is 8.87. The SMILES string of the molecule is CC(=O)N(CCCN(C)C)CCNC(=O)Cc1ccc(Br)cc1. The Morgan fingerprint density at radius 3 is 2.30 bits per heavy atom. The maximum atomic E-state index is 11.9. The van der Waals surface area contributed by atoms with Gasteiger partial charge in [0.05, 0.1) is 6.42 Å². The van der Waals surface area contributed by atoms with Crippen molar-refractivity contribution in [1.29, 1.82) is 0 Å². The van der Waals surface area contributed by atoms with E-state index in [0.29, 0.717) is 19.5 Å². The molecular formula is C17H26BrN3O2. The number of carbonyl (C=O) groups is 2. The molecule has 0 bridgehead atoms. The standard InChI is InChI=1S/C17H26BrN3O2/c1-14(22)21(11-4-10-20(2)3)12-9-19-17(23)13-15-5-7-16(18)8-6-15/h5-8H,4,9-13H2,1-3H3,(H,19,23). The van der Waals surface area contributed by atoms with E-state index in [4.69, 9.17) is 0 Å². The molecule has 128 valence electrons. The van der Waals surface area contributed by atoms with Crippen LogP contribution in [0.25, 0.3) is 0 Å². The van der Waals surface area contributed by atoms with Gasteiger partial charge in [-0.2, -0.15) is 0 Å². The van der Waals surface area contributed by atoms with Crippen molar-refractivity contribution in [2.75, 3.05) is 40.3 Å². The van der Waals surface area contributed by atoms with Gasteiger partial charge in [0.25, 0.3) is 0 Å². The van der Waals surface area contributed by atoms with Crippen LogP contribution in [-0.4, -0.2) is 61.9 Å². The van der Waals surface area contributed by atoms with Gasteiger partial charge in [-0.3, -0.25) is 9.59 Å². The predicted octanol–water partition coefficient (Wildman–Crippen LogP) is 1.91. The summed E-state index contributed by atoms with van der Waals surface area (Å²) in [7, 11) is 4.03. The molecule has 23 heavy (non-hydrogen) atoms. The Balaban J connectivity index is 2.30. The molecule has 2 amide bonds. The van der Waals surface area contributed by atoms with Gasteiger partial charge in [-0.05, 0) is 44.8 Å². The van der Waals surface area contributed by atoms with Crippen molar-refractivity contribution in [3.8, 4) is 0 Å². The minimum Gasteiger partial charge on any atom is -0.354 e. The number of nitrogens with zero attached hydrogens (tertiary/aromatic N) is 2. The van der Waals surface area contributed by atoms with Gasteiger partial charge in [-0.15, -0.1) is 0 Å². The number of halogens is 1. The minimum atomic E-state index is -0.0240. The van der Waals surface area contributed by atoms with Gasteiger partial charge >= 0.3 is 0 Å². The van der Waals surface area contributed by atoms with Crippen molar-refractivity contribution in [3.63, 3.8) is 0 Å². The van der Waals surface area contributed by atoms with Crippen LogP contribution in [0.3, 0.4) is 0 Å². The maximum Gasteiger partial charge on any atom is 0.224 e. The molecule has 5 nitrogen and oxygen atoms in total. The summed E-state index contributed by atoms with van der Waals surface area (Å²) in [6.07, 6.45) is 1.29. The Labute approximate surface area is 147 Å². The molecule has 1 rings (SSSR count). The number of hydrogen-bond donors (Lipinski definition) is 1. The molecule has 0 atom stereocenters. The van der Waals surface area contributed by atoms with Crippen LogP contribution in [0, 0.1) is 0 Å². The van der Waals surface area contributed by atoms with Crippen molar-refractivity contribution >= 4 is 27.7 Å². The fourth-order valence-electron chi connectivity index (χ4n) is 2.18. The van der Waals surface area contributed by atoms with Crippen molar-refractivity contribution < 1.29 is 9.59 Å². The first-order valence-corrected chi connectivity index (χ1v) is 8.59. The summed E-state index contributed by atoms with van der Waals surface area (Å²) < 4.78 is 0.997. The second kappa shape index (κ2) is 10.4. The molecule has 0 saturated carbocycles. The van der Waals surface area contributed by atoms with E-state index < -0.39 is 0 Å². The normalized spacial score (nSPS) is 10.7. The van der Waals surface area contributed by atoms with Gasteiger partial charge in [0.1, 0.15) is 0 Å². The van der Waals surface area contributed by atoms with E-state index in [-0.39, 0.29) is 11.8 Å². The van der Waals surface area contributed by atoms with Gasteiger partial charge in [0, 0.05) is 31.0 Å². The summed E-state index contributed by atoms with van der Waals surface area (Å²) in [6, 6.07) is 7.69. The van der Waals surface area contributed by atoms with Crippen molar-refractivity contribution in [3.05, 3.63) is 34.3 Å². The number of nitrogens with one attached hydrogen (secondary N) is 1. The van der Waals surface area contributed by atoms with Gasteiger partial charge in [-0.1, -0.05) is 28.1 Å². The van der Waals surface area contributed by atoms with Crippen LogP contribution in [0.15, 0.2) is 28.7 Å². The molecule has 0 aliphatic heterocycles. The topological polar surface area (TPSA) is 52.7 Å². The molecule has 0 saturated heterocycles. The fourth-order valence-corrected chi connectivity index (χ4v) is 2.45. The van der Waals surface area contributed by atoms with Crippen LogP contribution >= 0.6 is 15.9 Å². The lowest BCUT2D eigenvalue weighted by Crippen LogP contribution is -2.39. The minimum absolute atomic E-state index is 0.0240. The van der Waals surface area contributed by atoms with E-state index in [2.05, 4.69) is 26.1 Å². The second-order valence-corrected chi connectivity index (χ2v) is 6.73. The highest BCUT2D eigenvalue weighted by Gasteiger charge is 2.09. The molecule has 0 radical (unpaired) electrons. The molecule has 6 heteroatoms. The molecule has 0 heterocycles. The van der Waals surface area contributed by atoms with E-state index >= 15 is 0 Å². The van der Waals surface area contributed by atoms with E-state index in [0.717, 1.165) is 29.5 Å². The molecule has 0 aromatic heterocycles. The number of hydrogen-bond acceptors (Lipinski definition) is 3. The monoisotopic (exact) mass is 383 g/mol. The van der Waals surface area contributed by atoms with E-state index in [1.807, 2.05) is 38.4 Å². The third-order valence-corrected chi connectivity index (χ3v) is 3.99. The first kappa shape index (κ1) is 19.6. The van der Waals surface area contributed by atoms with Crippen LogP contribution in [0.4, 0.5) is 0 Å². The smallest absolute Gasteiger partial charge is 0.224 e. The average molecular weight is 384 g/mol. The van der Waals surface area contributed by atoms with E-state index in [1.54, 1.807) is 11.8 Å². The Morgan fingerprint density at radius 2 is 1.74 bits per heavy atom. The zero-order valence-corrected chi connectivity index (χ0v) is 15.7. The van der Waals surface area contributed by atoms with Crippen molar-refractivity contribution in [2.45, 2.75) is 19.8 Å². The van der Waals surface area contributed by atoms with Gasteiger partial charge in [-0.25, -0.2) is 0 Å². The molecule has 0 aliphatic rings. The van der Waals surface area contributed by atoms with Crippen LogP contribution in [0.5, 0.6) is 0 Å². The molecule has 1 aromatic carbocycles. The quantitative estimate of drug-likeness (QED) is 0.708. The third kappa shape index (κ3) is 8.71. The second-order valence-electron chi connectivity index (χ2n) is 5.82. The maximum absolute atomic E-state index is 11.9. The predicted molar refractivity (Wildman–Crippen MR) is 96.3 cm³/mol. The largest absolute Gasteiger partial charge is 0.354 e. The highest BCUT2D eigenvalue weighted by Crippen LogP contribution is 2.10. The Hall–Kier alpha value is -1.40. The molecule has 0 unspecified atom stereocenters. The number of carbonyl (C=O) groups excluding carboxylic acids is 2. The van der Waals surface area contributed by atoms with Crippen LogP contribution in [-0.2, 0) is 16.0 Å². The van der Waals surface area contributed by atoms with Crippen molar-refractivity contribution in [1.82, 2.24) is 15.1 Å². The third-order valence-electron chi connectivity index (χ3n) is 3.46. The van der Waals surface area contributed by atoms with Gasteiger partial charge < -0.3 is 15.1 Å². The lowest BCUT2D eigenvalue weighted by molar-refractivity contribution is -0.129. The summed E-state index contributed by atoms with van der Waals surface area (Å²) in [5.41, 5.74) is 0.972. The molecule has 0 aliphatic carbocycles.